The molecular formula is C14H29N. The van der Waals surface area contributed by atoms with Crippen molar-refractivity contribution in [2.24, 2.45) is 11.3 Å². The Labute approximate surface area is 96.0 Å². The molecule has 0 radical (unpaired) electrons. The average molecular weight is 211 g/mol. The van der Waals surface area contributed by atoms with Gasteiger partial charge in [0, 0.05) is 12.1 Å². The van der Waals surface area contributed by atoms with E-state index in [1.807, 2.05) is 0 Å². The molecule has 90 valence electrons. The molecule has 0 aliphatic heterocycles. The van der Waals surface area contributed by atoms with Crippen LogP contribution in [-0.4, -0.2) is 12.1 Å². The zero-order valence-corrected chi connectivity index (χ0v) is 11.3. The van der Waals surface area contributed by atoms with Gasteiger partial charge in [0.05, 0.1) is 0 Å². The smallest absolute Gasteiger partial charge is 0.00771 e. The summed E-state index contributed by atoms with van der Waals surface area (Å²) in [5, 5.41) is 3.81. The summed E-state index contributed by atoms with van der Waals surface area (Å²) in [5.74, 6) is 0.889. The minimum atomic E-state index is 0.543. The van der Waals surface area contributed by atoms with Crippen molar-refractivity contribution in [2.75, 3.05) is 0 Å². The van der Waals surface area contributed by atoms with Crippen LogP contribution in [-0.2, 0) is 0 Å². The van der Waals surface area contributed by atoms with Crippen LogP contribution in [0.25, 0.3) is 0 Å². The van der Waals surface area contributed by atoms with Gasteiger partial charge in [-0.15, -0.1) is 0 Å². The van der Waals surface area contributed by atoms with Gasteiger partial charge in [0.25, 0.3) is 0 Å². The lowest BCUT2D eigenvalue weighted by Crippen LogP contribution is -2.43. The van der Waals surface area contributed by atoms with E-state index in [0.29, 0.717) is 11.5 Å². The second kappa shape index (κ2) is 5.34. The highest BCUT2D eigenvalue weighted by atomic mass is 14.9. The Balaban J connectivity index is 2.41. The van der Waals surface area contributed by atoms with Gasteiger partial charge in [-0.2, -0.15) is 0 Å². The standard InChI is InChI=1S/C14H29N/c1-6-7-12(3)15-13-8-11(2)9-14(4,5)10-13/h11-13,15H,6-10H2,1-5H3. The van der Waals surface area contributed by atoms with E-state index in [0.717, 1.165) is 12.0 Å². The van der Waals surface area contributed by atoms with Gasteiger partial charge >= 0.3 is 0 Å². The molecule has 1 saturated carbocycles. The first-order chi connectivity index (χ1) is 6.93. The summed E-state index contributed by atoms with van der Waals surface area (Å²) < 4.78 is 0. The van der Waals surface area contributed by atoms with E-state index in [9.17, 15) is 0 Å². The first kappa shape index (κ1) is 13.0. The molecule has 0 aromatic carbocycles. The maximum Gasteiger partial charge on any atom is 0.00771 e. The summed E-state index contributed by atoms with van der Waals surface area (Å²) in [4.78, 5) is 0. The summed E-state index contributed by atoms with van der Waals surface area (Å²) in [6.45, 7) is 11.8. The van der Waals surface area contributed by atoms with Crippen molar-refractivity contribution >= 4 is 0 Å². The molecule has 1 nitrogen and oxygen atoms in total. The largest absolute Gasteiger partial charge is 0.311 e. The fourth-order valence-corrected chi connectivity index (χ4v) is 3.39. The molecule has 0 amide bonds. The van der Waals surface area contributed by atoms with Gasteiger partial charge in [-0.1, -0.05) is 34.1 Å². The minimum Gasteiger partial charge on any atom is -0.311 e. The van der Waals surface area contributed by atoms with E-state index in [2.05, 4.69) is 39.9 Å². The molecule has 0 bridgehead atoms. The van der Waals surface area contributed by atoms with Crippen LogP contribution < -0.4 is 5.32 Å². The van der Waals surface area contributed by atoms with Crippen molar-refractivity contribution < 1.29 is 0 Å². The number of rotatable bonds is 4. The first-order valence-electron chi connectivity index (χ1n) is 6.69. The lowest BCUT2D eigenvalue weighted by molar-refractivity contribution is 0.144. The lowest BCUT2D eigenvalue weighted by Gasteiger charge is -2.40. The Kier molecular flexibility index (Phi) is 4.64. The Morgan fingerprint density at radius 1 is 1.33 bits per heavy atom. The average Bonchev–Trinajstić information content (AvgIpc) is 1.99. The third-order valence-corrected chi connectivity index (χ3v) is 3.63. The van der Waals surface area contributed by atoms with Gasteiger partial charge in [0.15, 0.2) is 0 Å². The van der Waals surface area contributed by atoms with E-state index in [1.54, 1.807) is 0 Å². The van der Waals surface area contributed by atoms with Crippen molar-refractivity contribution in [1.29, 1.82) is 0 Å². The maximum absolute atomic E-state index is 3.81. The number of nitrogens with one attached hydrogen (secondary N) is 1. The van der Waals surface area contributed by atoms with Gasteiger partial charge < -0.3 is 5.32 Å². The lowest BCUT2D eigenvalue weighted by atomic mass is 9.70. The summed E-state index contributed by atoms with van der Waals surface area (Å²) in [5.41, 5.74) is 0.543. The Bertz CT molecular complexity index is 186. The van der Waals surface area contributed by atoms with Crippen molar-refractivity contribution in [3.05, 3.63) is 0 Å². The SMILES string of the molecule is CCCC(C)NC1CC(C)CC(C)(C)C1. The molecule has 1 aliphatic carbocycles. The van der Waals surface area contributed by atoms with Gasteiger partial charge in [-0.25, -0.2) is 0 Å². The van der Waals surface area contributed by atoms with Crippen molar-refractivity contribution in [3.8, 4) is 0 Å². The van der Waals surface area contributed by atoms with Crippen molar-refractivity contribution in [1.82, 2.24) is 5.32 Å². The molecule has 15 heavy (non-hydrogen) atoms. The predicted octanol–water partition coefficient (Wildman–Crippen LogP) is 3.98. The normalized spacial score (nSPS) is 32.6. The first-order valence-corrected chi connectivity index (χ1v) is 6.69. The fourth-order valence-electron chi connectivity index (χ4n) is 3.39. The second-order valence-corrected chi connectivity index (χ2v) is 6.47. The van der Waals surface area contributed by atoms with Crippen LogP contribution in [0.15, 0.2) is 0 Å². The molecule has 0 aromatic rings. The molecule has 3 unspecified atom stereocenters. The number of hydrogen-bond donors (Lipinski definition) is 1. The van der Waals surface area contributed by atoms with E-state index in [4.69, 9.17) is 0 Å². The van der Waals surface area contributed by atoms with E-state index < -0.39 is 0 Å². The van der Waals surface area contributed by atoms with E-state index >= 15 is 0 Å². The highest BCUT2D eigenvalue weighted by Gasteiger charge is 2.32. The van der Waals surface area contributed by atoms with Gasteiger partial charge in [0.1, 0.15) is 0 Å². The number of hydrogen-bond acceptors (Lipinski definition) is 1. The molecule has 0 aromatic heterocycles. The zero-order chi connectivity index (χ0) is 11.5. The monoisotopic (exact) mass is 211 g/mol. The third-order valence-electron chi connectivity index (χ3n) is 3.63. The highest BCUT2D eigenvalue weighted by Crippen LogP contribution is 2.38. The Morgan fingerprint density at radius 2 is 2.00 bits per heavy atom. The fraction of sp³-hybridized carbons (Fsp3) is 1.00. The molecule has 1 heteroatoms. The van der Waals surface area contributed by atoms with Gasteiger partial charge in [0.2, 0.25) is 0 Å². The minimum absolute atomic E-state index is 0.543. The third kappa shape index (κ3) is 4.55. The molecule has 3 atom stereocenters. The van der Waals surface area contributed by atoms with Crippen LogP contribution >= 0.6 is 0 Å². The molecule has 0 saturated heterocycles. The van der Waals surface area contributed by atoms with E-state index in [1.165, 1.54) is 32.1 Å². The van der Waals surface area contributed by atoms with Crippen LogP contribution in [0.5, 0.6) is 0 Å². The molecule has 0 heterocycles. The van der Waals surface area contributed by atoms with Gasteiger partial charge in [-0.05, 0) is 43.9 Å². The quantitative estimate of drug-likeness (QED) is 0.741. The van der Waals surface area contributed by atoms with E-state index in [-0.39, 0.29) is 0 Å². The second-order valence-electron chi connectivity index (χ2n) is 6.47. The summed E-state index contributed by atoms with van der Waals surface area (Å²) >= 11 is 0. The summed E-state index contributed by atoms with van der Waals surface area (Å²) in [6.07, 6.45) is 6.72. The van der Waals surface area contributed by atoms with Crippen LogP contribution in [0.3, 0.4) is 0 Å². The van der Waals surface area contributed by atoms with Crippen LogP contribution in [0, 0.1) is 11.3 Å². The summed E-state index contributed by atoms with van der Waals surface area (Å²) in [7, 11) is 0. The van der Waals surface area contributed by atoms with Crippen LogP contribution in [0.2, 0.25) is 0 Å². The molecule has 0 spiro atoms. The zero-order valence-electron chi connectivity index (χ0n) is 11.3. The van der Waals surface area contributed by atoms with Crippen molar-refractivity contribution in [2.45, 2.75) is 78.8 Å². The highest BCUT2D eigenvalue weighted by molar-refractivity contribution is 4.87. The molecule has 1 N–H and O–H groups in total. The molecule has 1 aliphatic rings. The molecular weight excluding hydrogens is 182 g/mol. The van der Waals surface area contributed by atoms with Crippen LogP contribution in [0.1, 0.15) is 66.7 Å². The van der Waals surface area contributed by atoms with Gasteiger partial charge in [-0.3, -0.25) is 0 Å². The Morgan fingerprint density at radius 3 is 2.53 bits per heavy atom. The Hall–Kier alpha value is -0.0400. The summed E-state index contributed by atoms with van der Waals surface area (Å²) in [6, 6.07) is 1.45. The topological polar surface area (TPSA) is 12.0 Å². The molecule has 1 fully saturated rings. The van der Waals surface area contributed by atoms with Crippen molar-refractivity contribution in [3.63, 3.8) is 0 Å². The predicted molar refractivity (Wildman–Crippen MR) is 68.1 cm³/mol. The van der Waals surface area contributed by atoms with Crippen LogP contribution in [0.4, 0.5) is 0 Å². The maximum atomic E-state index is 3.81. The molecule has 1 rings (SSSR count).